The summed E-state index contributed by atoms with van der Waals surface area (Å²) in [6.07, 6.45) is 3.80. The Bertz CT molecular complexity index is 374. The molecule has 3 atom stereocenters. The van der Waals surface area contributed by atoms with E-state index in [-0.39, 0.29) is 0 Å². The van der Waals surface area contributed by atoms with Crippen LogP contribution < -0.4 is 5.32 Å². The first kappa shape index (κ1) is 12.6. The highest BCUT2D eigenvalue weighted by atomic mass is 35.5. The van der Waals surface area contributed by atoms with Crippen LogP contribution in [-0.4, -0.2) is 16.0 Å². The predicted octanol–water partition coefficient (Wildman–Crippen LogP) is 3.68. The van der Waals surface area contributed by atoms with Crippen molar-refractivity contribution in [2.45, 2.75) is 46.1 Å². The zero-order valence-electron chi connectivity index (χ0n) is 10.7. The van der Waals surface area contributed by atoms with Crippen LogP contribution in [0.3, 0.4) is 0 Å². The third-order valence-electron chi connectivity index (χ3n) is 3.84. The van der Waals surface area contributed by atoms with Crippen molar-refractivity contribution in [3.63, 3.8) is 0 Å². The summed E-state index contributed by atoms with van der Waals surface area (Å²) in [6, 6.07) is 2.25. The Kier molecular flexibility index (Phi) is 3.87. The highest BCUT2D eigenvalue weighted by Gasteiger charge is 2.27. The van der Waals surface area contributed by atoms with E-state index in [2.05, 4.69) is 29.1 Å². The SMILES string of the molecule is Cc1cc(Cl)nc(NC2CCCC(C)C2C)n1. The van der Waals surface area contributed by atoms with Crippen molar-refractivity contribution in [2.75, 3.05) is 5.32 Å². The van der Waals surface area contributed by atoms with Crippen LogP contribution in [0.4, 0.5) is 5.95 Å². The fourth-order valence-corrected chi connectivity index (χ4v) is 2.78. The van der Waals surface area contributed by atoms with E-state index in [1.807, 2.05) is 6.92 Å². The van der Waals surface area contributed by atoms with Crippen molar-refractivity contribution in [3.05, 3.63) is 16.9 Å². The Labute approximate surface area is 108 Å². The highest BCUT2D eigenvalue weighted by Crippen LogP contribution is 2.31. The van der Waals surface area contributed by atoms with Crippen molar-refractivity contribution in [3.8, 4) is 0 Å². The van der Waals surface area contributed by atoms with E-state index in [4.69, 9.17) is 11.6 Å². The minimum absolute atomic E-state index is 0.469. The maximum absolute atomic E-state index is 5.94. The molecule has 1 aliphatic carbocycles. The highest BCUT2D eigenvalue weighted by molar-refractivity contribution is 6.29. The number of anilines is 1. The molecule has 1 saturated carbocycles. The minimum Gasteiger partial charge on any atom is -0.351 e. The van der Waals surface area contributed by atoms with Gasteiger partial charge in [0.2, 0.25) is 5.95 Å². The lowest BCUT2D eigenvalue weighted by molar-refractivity contribution is 0.252. The van der Waals surface area contributed by atoms with Crippen LogP contribution in [0.25, 0.3) is 0 Å². The van der Waals surface area contributed by atoms with E-state index in [0.29, 0.717) is 23.1 Å². The minimum atomic E-state index is 0.469. The second-order valence-electron chi connectivity index (χ2n) is 5.17. The molecule has 3 unspecified atom stereocenters. The number of rotatable bonds is 2. The Balaban J connectivity index is 2.09. The summed E-state index contributed by atoms with van der Waals surface area (Å²) in [4.78, 5) is 8.61. The summed E-state index contributed by atoms with van der Waals surface area (Å²) in [5, 5.41) is 3.95. The van der Waals surface area contributed by atoms with E-state index < -0.39 is 0 Å². The zero-order valence-corrected chi connectivity index (χ0v) is 11.5. The van der Waals surface area contributed by atoms with Gasteiger partial charge < -0.3 is 5.32 Å². The lowest BCUT2D eigenvalue weighted by Crippen LogP contribution is -2.35. The van der Waals surface area contributed by atoms with Crippen LogP contribution in [-0.2, 0) is 0 Å². The molecule has 0 aliphatic heterocycles. The molecule has 0 bridgehead atoms. The van der Waals surface area contributed by atoms with Gasteiger partial charge in [-0.25, -0.2) is 9.97 Å². The molecular weight excluding hydrogens is 234 g/mol. The van der Waals surface area contributed by atoms with Crippen molar-refractivity contribution in [1.29, 1.82) is 0 Å². The molecule has 0 spiro atoms. The van der Waals surface area contributed by atoms with Crippen LogP contribution >= 0.6 is 11.6 Å². The molecule has 1 N–H and O–H groups in total. The standard InChI is InChI=1S/C13H20ClN3/c1-8-5-4-6-11(10(8)3)16-13-15-9(2)7-12(14)17-13/h7-8,10-11H,4-6H2,1-3H3,(H,15,16,17). The number of hydrogen-bond donors (Lipinski definition) is 1. The average molecular weight is 254 g/mol. The van der Waals surface area contributed by atoms with Crippen molar-refractivity contribution in [1.82, 2.24) is 9.97 Å². The summed E-state index contributed by atoms with van der Waals surface area (Å²) in [7, 11) is 0. The summed E-state index contributed by atoms with van der Waals surface area (Å²) < 4.78 is 0. The van der Waals surface area contributed by atoms with Gasteiger partial charge in [-0.3, -0.25) is 0 Å². The van der Waals surface area contributed by atoms with E-state index in [1.165, 1.54) is 19.3 Å². The number of aryl methyl sites for hydroxylation is 1. The molecule has 1 aromatic rings. The van der Waals surface area contributed by atoms with Gasteiger partial charge in [0.15, 0.2) is 0 Å². The third-order valence-corrected chi connectivity index (χ3v) is 4.04. The van der Waals surface area contributed by atoms with Gasteiger partial charge in [0, 0.05) is 11.7 Å². The maximum Gasteiger partial charge on any atom is 0.224 e. The van der Waals surface area contributed by atoms with Crippen molar-refractivity contribution >= 4 is 17.5 Å². The van der Waals surface area contributed by atoms with E-state index in [0.717, 1.165) is 11.6 Å². The molecule has 0 amide bonds. The van der Waals surface area contributed by atoms with E-state index in [1.54, 1.807) is 6.07 Å². The second kappa shape index (κ2) is 5.21. The maximum atomic E-state index is 5.94. The second-order valence-corrected chi connectivity index (χ2v) is 5.56. The summed E-state index contributed by atoms with van der Waals surface area (Å²) >= 11 is 5.94. The monoisotopic (exact) mass is 253 g/mol. The Hall–Kier alpha value is -0.830. The average Bonchev–Trinajstić information content (AvgIpc) is 2.23. The van der Waals surface area contributed by atoms with Gasteiger partial charge in [-0.15, -0.1) is 0 Å². The van der Waals surface area contributed by atoms with Gasteiger partial charge >= 0.3 is 0 Å². The Morgan fingerprint density at radius 1 is 1.29 bits per heavy atom. The molecule has 1 aliphatic rings. The Morgan fingerprint density at radius 2 is 2.06 bits per heavy atom. The summed E-state index contributed by atoms with van der Waals surface area (Å²) in [5.41, 5.74) is 0.906. The smallest absolute Gasteiger partial charge is 0.224 e. The number of hydrogen-bond acceptors (Lipinski definition) is 3. The first-order valence-corrected chi connectivity index (χ1v) is 6.72. The third kappa shape index (κ3) is 3.09. The number of halogens is 1. The normalized spacial score (nSPS) is 29.1. The van der Waals surface area contributed by atoms with Gasteiger partial charge in [-0.1, -0.05) is 38.3 Å². The van der Waals surface area contributed by atoms with Gasteiger partial charge in [-0.2, -0.15) is 0 Å². The largest absolute Gasteiger partial charge is 0.351 e. The van der Waals surface area contributed by atoms with Crippen molar-refractivity contribution in [2.24, 2.45) is 11.8 Å². The van der Waals surface area contributed by atoms with Crippen LogP contribution in [0.2, 0.25) is 5.15 Å². The molecule has 0 radical (unpaired) electrons. The van der Waals surface area contributed by atoms with Gasteiger partial charge in [-0.05, 0) is 31.2 Å². The van der Waals surface area contributed by atoms with Crippen LogP contribution in [0.5, 0.6) is 0 Å². The zero-order chi connectivity index (χ0) is 12.4. The molecule has 1 aromatic heterocycles. The van der Waals surface area contributed by atoms with Crippen molar-refractivity contribution < 1.29 is 0 Å². The molecule has 0 saturated heterocycles. The molecule has 94 valence electrons. The van der Waals surface area contributed by atoms with Crippen LogP contribution in [0, 0.1) is 18.8 Å². The molecule has 17 heavy (non-hydrogen) atoms. The quantitative estimate of drug-likeness (QED) is 0.818. The molecule has 1 heterocycles. The van der Waals surface area contributed by atoms with Crippen LogP contribution in [0.15, 0.2) is 6.07 Å². The van der Waals surface area contributed by atoms with Gasteiger partial charge in [0.25, 0.3) is 0 Å². The Morgan fingerprint density at radius 3 is 2.76 bits per heavy atom. The van der Waals surface area contributed by atoms with Crippen LogP contribution in [0.1, 0.15) is 38.8 Å². The first-order chi connectivity index (χ1) is 8.06. The van der Waals surface area contributed by atoms with Gasteiger partial charge in [0.05, 0.1) is 0 Å². The lowest BCUT2D eigenvalue weighted by atomic mass is 9.78. The topological polar surface area (TPSA) is 37.8 Å². The predicted molar refractivity (Wildman–Crippen MR) is 71.4 cm³/mol. The first-order valence-electron chi connectivity index (χ1n) is 6.34. The number of aromatic nitrogens is 2. The van der Waals surface area contributed by atoms with Gasteiger partial charge in [0.1, 0.15) is 5.15 Å². The molecule has 4 heteroatoms. The fraction of sp³-hybridized carbons (Fsp3) is 0.692. The lowest BCUT2D eigenvalue weighted by Gasteiger charge is -2.34. The molecule has 0 aromatic carbocycles. The van der Waals surface area contributed by atoms with E-state index >= 15 is 0 Å². The molecule has 1 fully saturated rings. The molecule has 3 nitrogen and oxygen atoms in total. The number of nitrogens with one attached hydrogen (secondary N) is 1. The number of nitrogens with zero attached hydrogens (tertiary/aromatic N) is 2. The summed E-state index contributed by atoms with van der Waals surface area (Å²) in [5.74, 6) is 2.09. The van der Waals surface area contributed by atoms with E-state index in [9.17, 15) is 0 Å². The molecular formula is C13H20ClN3. The summed E-state index contributed by atoms with van der Waals surface area (Å²) in [6.45, 7) is 6.56. The molecule has 2 rings (SSSR count). The fourth-order valence-electron chi connectivity index (χ4n) is 2.55.